The fraction of sp³-hybridized carbons (Fsp3) is 0. The summed E-state index contributed by atoms with van der Waals surface area (Å²) in [5.41, 5.74) is 0. The Morgan fingerprint density at radius 1 is 0.889 bits per heavy atom. The van der Waals surface area contributed by atoms with Crippen molar-refractivity contribution < 1.29 is 8.42 Å². The van der Waals surface area contributed by atoms with E-state index in [9.17, 15) is 8.42 Å². The van der Waals surface area contributed by atoms with Crippen molar-refractivity contribution in [2.45, 2.75) is 19.6 Å². The van der Waals surface area contributed by atoms with E-state index >= 15 is 0 Å². The van der Waals surface area contributed by atoms with Crippen LogP contribution in [0.3, 0.4) is 0 Å². The van der Waals surface area contributed by atoms with Gasteiger partial charge in [0.2, 0.25) is 9.84 Å². The van der Waals surface area contributed by atoms with E-state index in [2.05, 4.69) is 5.16 Å². The highest BCUT2D eigenvalue weighted by Crippen LogP contribution is 2.48. The molecule has 0 saturated heterocycles. The fourth-order valence-corrected chi connectivity index (χ4v) is 6.03. The number of rotatable bonds is 0. The minimum absolute atomic E-state index is 0.298. The van der Waals surface area contributed by atoms with Crippen molar-refractivity contribution in [1.29, 1.82) is 5.41 Å². The maximum Gasteiger partial charge on any atom is 0.208 e. The van der Waals surface area contributed by atoms with E-state index in [1.807, 2.05) is 0 Å². The quantitative estimate of drug-likeness (QED) is 0.506. The zero-order chi connectivity index (χ0) is 12.8. The van der Waals surface area contributed by atoms with Crippen LogP contribution >= 0.6 is 10.5 Å². The van der Waals surface area contributed by atoms with Gasteiger partial charge in [0.05, 0.1) is 9.79 Å². The molecule has 0 bridgehead atoms. The highest BCUT2D eigenvalue weighted by molar-refractivity contribution is 8.15. The third kappa shape index (κ3) is 1.42. The van der Waals surface area contributed by atoms with Crippen LogP contribution in [0.15, 0.2) is 68.1 Å². The van der Waals surface area contributed by atoms with Gasteiger partial charge in [-0.1, -0.05) is 34.7 Å². The second-order valence-electron chi connectivity index (χ2n) is 3.81. The molecule has 0 aromatic heterocycles. The molecule has 5 heteroatoms. The lowest BCUT2D eigenvalue weighted by molar-refractivity contribution is 0.591. The van der Waals surface area contributed by atoms with E-state index in [0.29, 0.717) is 19.6 Å². The third-order valence-corrected chi connectivity index (χ3v) is 6.74. The summed E-state index contributed by atoms with van der Waals surface area (Å²) in [5, 5.41) is 9.92. The number of nitrogens with one attached hydrogen (secondary N) is 1. The number of sulfone groups is 1. The van der Waals surface area contributed by atoms with E-state index in [0.717, 1.165) is 0 Å². The van der Waals surface area contributed by atoms with Crippen molar-refractivity contribution in [1.82, 2.24) is 0 Å². The molecule has 2 aromatic rings. The van der Waals surface area contributed by atoms with Crippen LogP contribution in [0.5, 0.6) is 0 Å². The molecule has 1 aliphatic heterocycles. The Labute approximate surface area is 107 Å². The topological polar surface area (TPSA) is 58.0 Å². The van der Waals surface area contributed by atoms with Crippen molar-refractivity contribution in [2.75, 3.05) is 0 Å². The largest absolute Gasteiger partial charge is 0.253 e. The molecule has 90 valence electrons. The van der Waals surface area contributed by atoms with Gasteiger partial charge in [0.15, 0.2) is 0 Å². The molecular formula is C13H9NO2S2. The molecule has 3 nitrogen and oxygen atoms in total. The number of hydrogen-bond acceptors (Lipinski definition) is 3. The first kappa shape index (κ1) is 11.4. The minimum atomic E-state index is -3.46. The van der Waals surface area contributed by atoms with Crippen LogP contribution in [-0.2, 0) is 9.84 Å². The van der Waals surface area contributed by atoms with Crippen molar-refractivity contribution in [3.8, 4) is 0 Å². The zero-order valence-electron chi connectivity index (χ0n) is 9.25. The monoisotopic (exact) mass is 275 g/mol. The van der Waals surface area contributed by atoms with Gasteiger partial charge in [0.25, 0.3) is 0 Å². The summed E-state index contributed by atoms with van der Waals surface area (Å²) in [7, 11) is -4.17. The summed E-state index contributed by atoms with van der Waals surface area (Å²) >= 11 is 0. The van der Waals surface area contributed by atoms with Gasteiger partial charge < -0.3 is 0 Å². The first-order valence-electron chi connectivity index (χ1n) is 5.26. The van der Waals surface area contributed by atoms with Crippen molar-refractivity contribution in [3.05, 3.63) is 48.5 Å². The molecule has 18 heavy (non-hydrogen) atoms. The highest BCUT2D eigenvalue weighted by atomic mass is 32.2. The number of isothiocyanates is 1. The molecule has 1 heterocycles. The van der Waals surface area contributed by atoms with Gasteiger partial charge in [0, 0.05) is 15.0 Å². The molecule has 0 fully saturated rings. The van der Waals surface area contributed by atoms with E-state index in [4.69, 9.17) is 5.41 Å². The molecule has 1 aliphatic rings. The summed E-state index contributed by atoms with van der Waals surface area (Å²) in [4.78, 5) is 1.91. The van der Waals surface area contributed by atoms with Gasteiger partial charge in [-0.3, -0.25) is 5.41 Å². The van der Waals surface area contributed by atoms with E-state index in [1.165, 1.54) is 0 Å². The molecule has 0 amide bonds. The standard InChI is InChI=1S/C13H9NO2S2/c14-9-17-10-5-1-3-7-12(10)18(15,16)13-8-4-2-6-11(13)17/h1-8,14H. The molecule has 1 N–H and O–H groups in total. The molecule has 2 aromatic carbocycles. The predicted molar refractivity (Wildman–Crippen MR) is 70.2 cm³/mol. The molecule has 0 saturated carbocycles. The van der Waals surface area contributed by atoms with Gasteiger partial charge in [-0.15, -0.1) is 0 Å². The molecule has 0 spiro atoms. The Morgan fingerprint density at radius 3 is 1.78 bits per heavy atom. The molecule has 0 unspecified atom stereocenters. The van der Waals surface area contributed by atoms with Crippen LogP contribution in [0.25, 0.3) is 0 Å². The van der Waals surface area contributed by atoms with Gasteiger partial charge in [-0.2, -0.15) is 0 Å². The summed E-state index contributed by atoms with van der Waals surface area (Å²) < 4.78 is 24.9. The van der Waals surface area contributed by atoms with Crippen LogP contribution in [0.2, 0.25) is 0 Å². The lowest BCUT2D eigenvalue weighted by atomic mass is 10.3. The van der Waals surface area contributed by atoms with Crippen LogP contribution < -0.4 is 0 Å². The van der Waals surface area contributed by atoms with E-state index in [1.54, 1.807) is 48.5 Å². The Bertz CT molecular complexity index is 748. The van der Waals surface area contributed by atoms with Crippen molar-refractivity contribution in [3.63, 3.8) is 0 Å². The van der Waals surface area contributed by atoms with Gasteiger partial charge in [-0.25, -0.2) is 8.42 Å². The Hall–Kier alpha value is -1.68. The number of hydrogen-bond donors (Lipinski definition) is 1. The van der Waals surface area contributed by atoms with Gasteiger partial charge in [-0.05, 0) is 24.3 Å². The summed E-state index contributed by atoms with van der Waals surface area (Å²) in [6, 6.07) is 13.7. The third-order valence-electron chi connectivity index (χ3n) is 2.82. The molecule has 0 radical (unpaired) electrons. The Kier molecular flexibility index (Phi) is 2.48. The summed E-state index contributed by atoms with van der Waals surface area (Å²) in [6.45, 7) is 0. The average Bonchev–Trinajstić information content (AvgIpc) is 2.40. The highest BCUT2D eigenvalue weighted by Gasteiger charge is 2.31. The van der Waals surface area contributed by atoms with Gasteiger partial charge >= 0.3 is 0 Å². The van der Waals surface area contributed by atoms with Crippen molar-refractivity contribution >= 4 is 25.5 Å². The van der Waals surface area contributed by atoms with Gasteiger partial charge in [0.1, 0.15) is 0 Å². The smallest absolute Gasteiger partial charge is 0.208 e. The first-order chi connectivity index (χ1) is 8.66. The Balaban J connectivity index is 2.53. The normalized spacial score (nSPS) is 16.4. The van der Waals surface area contributed by atoms with E-state index < -0.39 is 20.3 Å². The van der Waals surface area contributed by atoms with E-state index in [-0.39, 0.29) is 0 Å². The van der Waals surface area contributed by atoms with Crippen LogP contribution in [0.4, 0.5) is 0 Å². The Morgan fingerprint density at radius 2 is 1.33 bits per heavy atom. The summed E-state index contributed by atoms with van der Waals surface area (Å²) in [5.74, 6) is 0. The maximum absolute atomic E-state index is 12.5. The number of fused-ring (bicyclic) bond motifs is 2. The maximum atomic E-state index is 12.5. The molecule has 0 aliphatic carbocycles. The molecule has 0 atom stereocenters. The lowest BCUT2D eigenvalue weighted by Gasteiger charge is -2.21. The van der Waals surface area contributed by atoms with Crippen LogP contribution in [-0.4, -0.2) is 13.6 Å². The minimum Gasteiger partial charge on any atom is -0.253 e. The second kappa shape index (κ2) is 3.92. The SMILES string of the molecule is N=C=S1c2ccccc2S(=O)(=O)c2ccccc21. The van der Waals surface area contributed by atoms with Crippen molar-refractivity contribution in [2.24, 2.45) is 0 Å². The number of benzene rings is 2. The lowest BCUT2D eigenvalue weighted by Crippen LogP contribution is -2.10. The van der Waals surface area contributed by atoms with Crippen LogP contribution in [0.1, 0.15) is 0 Å². The summed E-state index contributed by atoms with van der Waals surface area (Å²) in [6.07, 6.45) is 0. The molecular weight excluding hydrogens is 266 g/mol. The second-order valence-corrected chi connectivity index (χ2v) is 7.39. The fourth-order valence-electron chi connectivity index (χ4n) is 2.03. The van der Waals surface area contributed by atoms with Crippen LogP contribution in [0, 0.1) is 5.41 Å². The predicted octanol–water partition coefficient (Wildman–Crippen LogP) is 3.00. The first-order valence-corrected chi connectivity index (χ1v) is 7.97. The molecule has 3 rings (SSSR count). The zero-order valence-corrected chi connectivity index (χ0v) is 10.9. The average molecular weight is 275 g/mol.